The first kappa shape index (κ1) is 10.0. The van der Waals surface area contributed by atoms with Crippen molar-refractivity contribution >= 4 is 0 Å². The molecule has 1 aromatic carbocycles. The van der Waals surface area contributed by atoms with Gasteiger partial charge in [0, 0.05) is 12.1 Å². The van der Waals surface area contributed by atoms with E-state index in [0.29, 0.717) is 6.54 Å². The first-order valence-electron chi connectivity index (χ1n) is 4.26. The van der Waals surface area contributed by atoms with Crippen molar-refractivity contribution < 1.29 is 4.74 Å². The molecule has 0 spiro atoms. The molecule has 0 unspecified atom stereocenters. The highest BCUT2D eigenvalue weighted by molar-refractivity contribution is 5.43. The minimum absolute atomic E-state index is 0.631. The predicted molar refractivity (Wildman–Crippen MR) is 53.5 cm³/mol. The second-order valence-electron chi connectivity index (χ2n) is 3.16. The molecule has 0 radical (unpaired) electrons. The summed E-state index contributed by atoms with van der Waals surface area (Å²) in [6.07, 6.45) is 0. The highest BCUT2D eigenvalue weighted by atomic mass is 16.5. The van der Waals surface area contributed by atoms with Crippen LogP contribution in [0.4, 0.5) is 0 Å². The summed E-state index contributed by atoms with van der Waals surface area (Å²) in [5.74, 6) is 6.20. The molecule has 0 bridgehead atoms. The predicted octanol–water partition coefficient (Wildman–Crippen LogP) is 1.28. The maximum atomic E-state index is 5.29. The van der Waals surface area contributed by atoms with Crippen LogP contribution in [0.15, 0.2) is 12.1 Å². The third-order valence-electron chi connectivity index (χ3n) is 1.99. The lowest BCUT2D eigenvalue weighted by molar-refractivity contribution is 0.404. The van der Waals surface area contributed by atoms with Crippen molar-refractivity contribution in [2.24, 2.45) is 5.84 Å². The number of aryl methyl sites for hydroxylation is 2. The number of ether oxygens (including phenoxy) is 1. The number of nitrogens with one attached hydrogen (secondary N) is 1. The fourth-order valence-corrected chi connectivity index (χ4v) is 1.58. The number of methoxy groups -OCH3 is 1. The van der Waals surface area contributed by atoms with Crippen LogP contribution in [-0.4, -0.2) is 7.11 Å². The molecular formula is C10H16N2O. The van der Waals surface area contributed by atoms with Gasteiger partial charge in [-0.1, -0.05) is 17.7 Å². The van der Waals surface area contributed by atoms with Gasteiger partial charge >= 0.3 is 0 Å². The van der Waals surface area contributed by atoms with Crippen LogP contribution in [-0.2, 0) is 6.54 Å². The zero-order valence-electron chi connectivity index (χ0n) is 8.35. The number of hydrogen-bond donors (Lipinski definition) is 2. The fourth-order valence-electron chi connectivity index (χ4n) is 1.58. The van der Waals surface area contributed by atoms with E-state index in [0.717, 1.165) is 16.9 Å². The van der Waals surface area contributed by atoms with Gasteiger partial charge in [-0.3, -0.25) is 11.3 Å². The zero-order chi connectivity index (χ0) is 9.84. The number of rotatable bonds is 3. The van der Waals surface area contributed by atoms with Crippen LogP contribution in [0.2, 0.25) is 0 Å². The van der Waals surface area contributed by atoms with Gasteiger partial charge in [0.25, 0.3) is 0 Å². The minimum atomic E-state index is 0.631. The molecule has 1 aromatic rings. The van der Waals surface area contributed by atoms with E-state index >= 15 is 0 Å². The number of nitrogens with two attached hydrogens (primary N) is 1. The summed E-state index contributed by atoms with van der Waals surface area (Å²) in [5, 5.41) is 0. The standard InChI is InChI=1S/C10H16N2O/c1-7-4-8(2)10(13-3)9(5-7)6-12-11/h4-5,12H,6,11H2,1-3H3. The van der Waals surface area contributed by atoms with Crippen LogP contribution in [0.25, 0.3) is 0 Å². The first-order valence-corrected chi connectivity index (χ1v) is 4.26. The summed E-state index contributed by atoms with van der Waals surface area (Å²) >= 11 is 0. The van der Waals surface area contributed by atoms with E-state index in [4.69, 9.17) is 10.6 Å². The Balaban J connectivity index is 3.13. The molecule has 3 heteroatoms. The molecule has 3 N–H and O–H groups in total. The molecular weight excluding hydrogens is 164 g/mol. The molecule has 0 aliphatic rings. The lowest BCUT2D eigenvalue weighted by Crippen LogP contribution is -2.21. The Hall–Kier alpha value is -1.06. The average Bonchev–Trinajstić information content (AvgIpc) is 2.04. The number of benzene rings is 1. The second-order valence-corrected chi connectivity index (χ2v) is 3.16. The minimum Gasteiger partial charge on any atom is -0.496 e. The van der Waals surface area contributed by atoms with Gasteiger partial charge in [0.1, 0.15) is 5.75 Å². The van der Waals surface area contributed by atoms with Crippen LogP contribution >= 0.6 is 0 Å². The molecule has 0 saturated heterocycles. The van der Waals surface area contributed by atoms with Crippen molar-refractivity contribution in [2.75, 3.05) is 7.11 Å². The van der Waals surface area contributed by atoms with Gasteiger partial charge in [-0.05, 0) is 19.4 Å². The van der Waals surface area contributed by atoms with Crippen LogP contribution < -0.4 is 16.0 Å². The summed E-state index contributed by atoms with van der Waals surface area (Å²) < 4.78 is 5.29. The number of hydrazine groups is 1. The molecule has 0 heterocycles. The van der Waals surface area contributed by atoms with Crippen molar-refractivity contribution in [1.82, 2.24) is 5.43 Å². The van der Waals surface area contributed by atoms with Gasteiger partial charge in [-0.2, -0.15) is 0 Å². The summed E-state index contributed by atoms with van der Waals surface area (Å²) in [4.78, 5) is 0. The monoisotopic (exact) mass is 180 g/mol. The zero-order valence-corrected chi connectivity index (χ0v) is 8.35. The first-order chi connectivity index (χ1) is 6.19. The van der Waals surface area contributed by atoms with Gasteiger partial charge in [-0.25, -0.2) is 0 Å². The quantitative estimate of drug-likeness (QED) is 0.544. The Bertz CT molecular complexity index is 297. The SMILES string of the molecule is COc1c(C)cc(C)cc1CNN. The lowest BCUT2D eigenvalue weighted by atomic mass is 10.1. The van der Waals surface area contributed by atoms with Crippen molar-refractivity contribution in [3.63, 3.8) is 0 Å². The second kappa shape index (κ2) is 4.25. The Labute approximate surface area is 78.9 Å². The Morgan fingerprint density at radius 2 is 2.08 bits per heavy atom. The lowest BCUT2D eigenvalue weighted by Gasteiger charge is -2.12. The smallest absolute Gasteiger partial charge is 0.126 e. The largest absolute Gasteiger partial charge is 0.496 e. The molecule has 0 aliphatic carbocycles. The van der Waals surface area contributed by atoms with E-state index in [9.17, 15) is 0 Å². The fraction of sp³-hybridized carbons (Fsp3) is 0.400. The molecule has 0 atom stereocenters. The Morgan fingerprint density at radius 1 is 1.38 bits per heavy atom. The normalized spacial score (nSPS) is 10.2. The molecule has 0 saturated carbocycles. The van der Waals surface area contributed by atoms with E-state index in [1.54, 1.807) is 7.11 Å². The van der Waals surface area contributed by atoms with Crippen LogP contribution in [0.5, 0.6) is 5.75 Å². The maximum absolute atomic E-state index is 5.29. The average molecular weight is 180 g/mol. The topological polar surface area (TPSA) is 47.3 Å². The third kappa shape index (κ3) is 2.20. The Kier molecular flexibility index (Phi) is 3.28. The highest BCUT2D eigenvalue weighted by Crippen LogP contribution is 2.24. The summed E-state index contributed by atoms with van der Waals surface area (Å²) in [6, 6.07) is 4.17. The molecule has 0 aliphatic heterocycles. The van der Waals surface area contributed by atoms with Crippen LogP contribution in [0.1, 0.15) is 16.7 Å². The Morgan fingerprint density at radius 3 is 2.62 bits per heavy atom. The molecule has 0 fully saturated rings. The van der Waals surface area contributed by atoms with Gasteiger partial charge < -0.3 is 4.74 Å². The molecule has 0 aromatic heterocycles. The van der Waals surface area contributed by atoms with Crippen molar-refractivity contribution in [3.05, 3.63) is 28.8 Å². The molecule has 72 valence electrons. The van der Waals surface area contributed by atoms with Crippen LogP contribution in [0.3, 0.4) is 0 Å². The van der Waals surface area contributed by atoms with E-state index in [-0.39, 0.29) is 0 Å². The third-order valence-corrected chi connectivity index (χ3v) is 1.99. The molecule has 1 rings (SSSR count). The van der Waals surface area contributed by atoms with Crippen LogP contribution in [0, 0.1) is 13.8 Å². The molecule has 3 nitrogen and oxygen atoms in total. The van der Waals surface area contributed by atoms with Crippen molar-refractivity contribution in [2.45, 2.75) is 20.4 Å². The van der Waals surface area contributed by atoms with Gasteiger partial charge in [0.2, 0.25) is 0 Å². The van der Waals surface area contributed by atoms with E-state index < -0.39 is 0 Å². The molecule has 13 heavy (non-hydrogen) atoms. The van der Waals surface area contributed by atoms with Gasteiger partial charge in [0.05, 0.1) is 7.11 Å². The molecule has 0 amide bonds. The van der Waals surface area contributed by atoms with Gasteiger partial charge in [-0.15, -0.1) is 0 Å². The van der Waals surface area contributed by atoms with Crippen molar-refractivity contribution in [3.8, 4) is 5.75 Å². The number of hydrogen-bond acceptors (Lipinski definition) is 3. The van der Waals surface area contributed by atoms with Crippen molar-refractivity contribution in [1.29, 1.82) is 0 Å². The summed E-state index contributed by atoms with van der Waals surface area (Å²) in [6.45, 7) is 4.73. The summed E-state index contributed by atoms with van der Waals surface area (Å²) in [5.41, 5.74) is 6.10. The van der Waals surface area contributed by atoms with E-state index in [1.165, 1.54) is 5.56 Å². The van der Waals surface area contributed by atoms with E-state index in [1.807, 2.05) is 6.92 Å². The van der Waals surface area contributed by atoms with E-state index in [2.05, 4.69) is 24.5 Å². The highest BCUT2D eigenvalue weighted by Gasteiger charge is 2.05. The maximum Gasteiger partial charge on any atom is 0.126 e. The summed E-state index contributed by atoms with van der Waals surface area (Å²) in [7, 11) is 1.68. The van der Waals surface area contributed by atoms with Gasteiger partial charge in [0.15, 0.2) is 0 Å².